The van der Waals surface area contributed by atoms with E-state index in [1.165, 1.54) is 12.1 Å². The summed E-state index contributed by atoms with van der Waals surface area (Å²) in [7, 11) is 1.80. The topological polar surface area (TPSA) is 36.1 Å². The SMILES string of the molecule is CCCCN(C)C(=O)c1[nH]c2cc(F)ccc2c1C. The molecule has 1 heterocycles. The molecule has 1 aromatic heterocycles. The van der Waals surface area contributed by atoms with Gasteiger partial charge in [0, 0.05) is 24.5 Å². The Bertz CT molecular complexity index is 603. The number of aromatic amines is 1. The molecule has 0 saturated carbocycles. The summed E-state index contributed by atoms with van der Waals surface area (Å²) >= 11 is 0. The fraction of sp³-hybridized carbons (Fsp3) is 0.400. The smallest absolute Gasteiger partial charge is 0.270 e. The summed E-state index contributed by atoms with van der Waals surface area (Å²) in [6, 6.07) is 4.54. The van der Waals surface area contributed by atoms with Gasteiger partial charge in [-0.3, -0.25) is 4.79 Å². The molecule has 0 fully saturated rings. The summed E-state index contributed by atoms with van der Waals surface area (Å²) in [5.74, 6) is -0.338. The number of carbonyl (C=O) groups excluding carboxylic acids is 1. The quantitative estimate of drug-likeness (QED) is 0.899. The van der Waals surface area contributed by atoms with Gasteiger partial charge < -0.3 is 9.88 Å². The van der Waals surface area contributed by atoms with Crippen LogP contribution in [0.1, 0.15) is 35.8 Å². The van der Waals surface area contributed by atoms with Crippen LogP contribution in [0.4, 0.5) is 4.39 Å². The van der Waals surface area contributed by atoms with Crippen molar-refractivity contribution >= 4 is 16.8 Å². The number of rotatable bonds is 4. The van der Waals surface area contributed by atoms with E-state index in [1.807, 2.05) is 6.92 Å². The summed E-state index contributed by atoms with van der Waals surface area (Å²) in [4.78, 5) is 17.1. The van der Waals surface area contributed by atoms with E-state index in [4.69, 9.17) is 0 Å². The molecule has 1 amide bonds. The number of H-pyrrole nitrogens is 1. The highest BCUT2D eigenvalue weighted by atomic mass is 19.1. The summed E-state index contributed by atoms with van der Waals surface area (Å²) in [5.41, 5.74) is 2.10. The minimum atomic E-state index is -0.299. The molecule has 0 aliphatic carbocycles. The van der Waals surface area contributed by atoms with Gasteiger partial charge in [0.2, 0.25) is 0 Å². The normalized spacial score (nSPS) is 10.9. The van der Waals surface area contributed by atoms with Gasteiger partial charge in [0.25, 0.3) is 5.91 Å². The number of benzene rings is 1. The third-order valence-corrected chi connectivity index (χ3v) is 3.43. The predicted octanol–water partition coefficient (Wildman–Crippen LogP) is 3.49. The molecule has 0 saturated heterocycles. The lowest BCUT2D eigenvalue weighted by Crippen LogP contribution is -2.28. The Morgan fingerprint density at radius 3 is 2.84 bits per heavy atom. The van der Waals surface area contributed by atoms with E-state index < -0.39 is 0 Å². The average molecular weight is 262 g/mol. The molecule has 1 aromatic carbocycles. The van der Waals surface area contributed by atoms with Gasteiger partial charge in [0.1, 0.15) is 11.5 Å². The molecule has 102 valence electrons. The van der Waals surface area contributed by atoms with Gasteiger partial charge in [0.15, 0.2) is 0 Å². The van der Waals surface area contributed by atoms with Crippen molar-refractivity contribution in [2.75, 3.05) is 13.6 Å². The number of fused-ring (bicyclic) bond motifs is 1. The first-order chi connectivity index (χ1) is 9.04. The molecule has 0 bridgehead atoms. The van der Waals surface area contributed by atoms with Gasteiger partial charge in [-0.15, -0.1) is 0 Å². The summed E-state index contributed by atoms with van der Waals surface area (Å²) in [5, 5.41) is 0.897. The standard InChI is InChI=1S/C15H19FN2O/c1-4-5-8-18(3)15(19)14-10(2)12-7-6-11(16)9-13(12)17-14/h6-7,9,17H,4-5,8H2,1-3H3. The number of amides is 1. The van der Waals surface area contributed by atoms with E-state index in [9.17, 15) is 9.18 Å². The summed E-state index contributed by atoms with van der Waals surface area (Å²) < 4.78 is 13.2. The molecule has 3 nitrogen and oxygen atoms in total. The highest BCUT2D eigenvalue weighted by Crippen LogP contribution is 2.23. The first-order valence-electron chi connectivity index (χ1n) is 6.58. The van der Waals surface area contributed by atoms with E-state index in [1.54, 1.807) is 18.0 Å². The monoisotopic (exact) mass is 262 g/mol. The maximum Gasteiger partial charge on any atom is 0.270 e. The first kappa shape index (κ1) is 13.6. The van der Waals surface area contributed by atoms with Crippen LogP contribution in [-0.4, -0.2) is 29.4 Å². The van der Waals surface area contributed by atoms with E-state index in [0.29, 0.717) is 11.2 Å². The zero-order chi connectivity index (χ0) is 14.0. The van der Waals surface area contributed by atoms with Crippen molar-refractivity contribution in [3.05, 3.63) is 35.3 Å². The van der Waals surface area contributed by atoms with Crippen LogP contribution < -0.4 is 0 Å². The largest absolute Gasteiger partial charge is 0.350 e. The van der Waals surface area contributed by atoms with Crippen LogP contribution in [0.15, 0.2) is 18.2 Å². The molecule has 0 unspecified atom stereocenters. The highest BCUT2D eigenvalue weighted by Gasteiger charge is 2.18. The van der Waals surface area contributed by atoms with Crippen LogP contribution in [-0.2, 0) is 0 Å². The fourth-order valence-electron chi connectivity index (χ4n) is 2.21. The van der Waals surface area contributed by atoms with Gasteiger partial charge in [-0.2, -0.15) is 0 Å². The second-order valence-electron chi connectivity index (χ2n) is 4.90. The van der Waals surface area contributed by atoms with Crippen molar-refractivity contribution in [1.82, 2.24) is 9.88 Å². The number of unbranched alkanes of at least 4 members (excludes halogenated alkanes) is 1. The van der Waals surface area contributed by atoms with E-state index in [0.717, 1.165) is 30.3 Å². The van der Waals surface area contributed by atoms with Crippen LogP contribution in [0, 0.1) is 12.7 Å². The molecule has 19 heavy (non-hydrogen) atoms. The Morgan fingerprint density at radius 1 is 1.42 bits per heavy atom. The minimum Gasteiger partial charge on any atom is -0.350 e. The van der Waals surface area contributed by atoms with Crippen molar-refractivity contribution in [3.63, 3.8) is 0 Å². The molecular weight excluding hydrogens is 243 g/mol. The number of nitrogens with one attached hydrogen (secondary N) is 1. The molecule has 2 aromatic rings. The van der Waals surface area contributed by atoms with Gasteiger partial charge in [0.05, 0.1) is 0 Å². The Morgan fingerprint density at radius 2 is 2.16 bits per heavy atom. The lowest BCUT2D eigenvalue weighted by molar-refractivity contribution is 0.0788. The second kappa shape index (κ2) is 5.43. The van der Waals surface area contributed by atoms with Crippen molar-refractivity contribution in [3.8, 4) is 0 Å². The Balaban J connectivity index is 2.34. The molecule has 2 rings (SSSR count). The zero-order valence-corrected chi connectivity index (χ0v) is 11.6. The van der Waals surface area contributed by atoms with Crippen LogP contribution in [0.25, 0.3) is 10.9 Å². The Labute approximate surface area is 112 Å². The highest BCUT2D eigenvalue weighted by molar-refractivity contribution is 6.00. The van der Waals surface area contributed by atoms with Gasteiger partial charge >= 0.3 is 0 Å². The van der Waals surface area contributed by atoms with Crippen LogP contribution >= 0.6 is 0 Å². The van der Waals surface area contributed by atoms with Crippen molar-refractivity contribution < 1.29 is 9.18 Å². The van der Waals surface area contributed by atoms with E-state index in [-0.39, 0.29) is 11.7 Å². The number of halogens is 1. The number of aryl methyl sites for hydroxylation is 1. The third-order valence-electron chi connectivity index (χ3n) is 3.43. The third kappa shape index (κ3) is 2.62. The molecule has 0 atom stereocenters. The summed E-state index contributed by atoms with van der Waals surface area (Å²) in [6.07, 6.45) is 2.03. The number of carbonyl (C=O) groups is 1. The fourth-order valence-corrected chi connectivity index (χ4v) is 2.21. The Hall–Kier alpha value is -1.84. The van der Waals surface area contributed by atoms with Gasteiger partial charge in [-0.05, 0) is 37.1 Å². The van der Waals surface area contributed by atoms with Crippen LogP contribution in [0.2, 0.25) is 0 Å². The summed E-state index contributed by atoms with van der Waals surface area (Å²) in [6.45, 7) is 4.71. The maximum absolute atomic E-state index is 13.2. The predicted molar refractivity (Wildman–Crippen MR) is 74.9 cm³/mol. The lowest BCUT2D eigenvalue weighted by Gasteiger charge is -2.16. The zero-order valence-electron chi connectivity index (χ0n) is 11.6. The molecular formula is C15H19FN2O. The van der Waals surface area contributed by atoms with Crippen LogP contribution in [0.3, 0.4) is 0 Å². The maximum atomic E-state index is 13.2. The molecule has 0 aliphatic heterocycles. The number of nitrogens with zero attached hydrogens (tertiary/aromatic N) is 1. The number of aromatic nitrogens is 1. The molecule has 4 heteroatoms. The van der Waals surface area contributed by atoms with Crippen molar-refractivity contribution in [1.29, 1.82) is 0 Å². The average Bonchev–Trinajstić information content (AvgIpc) is 2.71. The van der Waals surface area contributed by atoms with E-state index in [2.05, 4.69) is 11.9 Å². The number of hydrogen-bond acceptors (Lipinski definition) is 1. The van der Waals surface area contributed by atoms with Crippen LogP contribution in [0.5, 0.6) is 0 Å². The van der Waals surface area contributed by atoms with Crippen molar-refractivity contribution in [2.24, 2.45) is 0 Å². The molecule has 0 aliphatic rings. The van der Waals surface area contributed by atoms with Gasteiger partial charge in [-0.25, -0.2) is 4.39 Å². The Kier molecular flexibility index (Phi) is 3.88. The molecule has 0 spiro atoms. The molecule has 0 radical (unpaired) electrons. The lowest BCUT2D eigenvalue weighted by atomic mass is 10.1. The first-order valence-corrected chi connectivity index (χ1v) is 6.58. The molecule has 1 N–H and O–H groups in total. The second-order valence-corrected chi connectivity index (χ2v) is 4.90. The van der Waals surface area contributed by atoms with Gasteiger partial charge in [-0.1, -0.05) is 13.3 Å². The minimum absolute atomic E-state index is 0.0393. The van der Waals surface area contributed by atoms with Crippen molar-refractivity contribution in [2.45, 2.75) is 26.7 Å². The van der Waals surface area contributed by atoms with E-state index >= 15 is 0 Å². The number of hydrogen-bond donors (Lipinski definition) is 1.